The summed E-state index contributed by atoms with van der Waals surface area (Å²) < 4.78 is 1.68. The van der Waals surface area contributed by atoms with E-state index in [1.54, 1.807) is 16.8 Å². The van der Waals surface area contributed by atoms with Crippen LogP contribution in [0.5, 0.6) is 0 Å². The molecule has 2 rings (SSSR count). The van der Waals surface area contributed by atoms with Gasteiger partial charge in [-0.1, -0.05) is 25.4 Å². The first-order chi connectivity index (χ1) is 9.56. The molecule has 3 nitrogen and oxygen atoms in total. The van der Waals surface area contributed by atoms with Crippen molar-refractivity contribution in [2.45, 2.75) is 26.1 Å². The third-order valence-corrected chi connectivity index (χ3v) is 3.64. The molecule has 0 unspecified atom stereocenters. The van der Waals surface area contributed by atoms with Crippen molar-refractivity contribution in [1.29, 1.82) is 5.26 Å². The second-order valence-corrected chi connectivity index (χ2v) is 5.64. The largest absolute Gasteiger partial charge is 0.222 e. The van der Waals surface area contributed by atoms with Crippen LogP contribution in [-0.4, -0.2) is 9.78 Å². The number of halogens is 2. The maximum Gasteiger partial charge on any atom is 0.137 e. The second kappa shape index (κ2) is 6.30. The molecule has 0 N–H and O–H groups in total. The van der Waals surface area contributed by atoms with Crippen LogP contribution >= 0.6 is 23.2 Å². The van der Waals surface area contributed by atoms with E-state index in [0.29, 0.717) is 22.5 Å². The van der Waals surface area contributed by atoms with Crippen LogP contribution in [0, 0.1) is 17.2 Å². The molecule has 0 aliphatic heterocycles. The molecule has 0 saturated carbocycles. The summed E-state index contributed by atoms with van der Waals surface area (Å²) in [7, 11) is 0. The van der Waals surface area contributed by atoms with E-state index < -0.39 is 0 Å². The highest BCUT2D eigenvalue weighted by atomic mass is 35.5. The maximum absolute atomic E-state index is 8.82. The maximum atomic E-state index is 8.82. The number of aromatic nitrogens is 2. The summed E-state index contributed by atoms with van der Waals surface area (Å²) in [6.07, 6.45) is 0.838. The summed E-state index contributed by atoms with van der Waals surface area (Å²) >= 11 is 12.4. The molecule has 0 bridgehead atoms. The van der Waals surface area contributed by atoms with Gasteiger partial charge >= 0.3 is 0 Å². The molecule has 5 heteroatoms. The minimum atomic E-state index is 0.344. The predicted octanol–water partition coefficient (Wildman–Crippen LogP) is 4.33. The van der Waals surface area contributed by atoms with E-state index in [2.05, 4.69) is 25.0 Å². The summed E-state index contributed by atoms with van der Waals surface area (Å²) in [6.45, 7) is 4.26. The van der Waals surface area contributed by atoms with E-state index in [0.717, 1.165) is 23.4 Å². The number of hydrogen-bond donors (Lipinski definition) is 0. The molecule has 1 heterocycles. The normalized spacial score (nSPS) is 10.8. The van der Waals surface area contributed by atoms with Crippen LogP contribution in [0.4, 0.5) is 0 Å². The predicted molar refractivity (Wildman–Crippen MR) is 81.4 cm³/mol. The Hall–Kier alpha value is -1.50. The number of alkyl halides is 1. The second-order valence-electron chi connectivity index (χ2n) is 5.02. The van der Waals surface area contributed by atoms with E-state index >= 15 is 0 Å². The summed E-state index contributed by atoms with van der Waals surface area (Å²) in [5.74, 6) is 0.828. The molecule has 20 heavy (non-hydrogen) atoms. The molecule has 104 valence electrons. The Morgan fingerprint density at radius 2 is 1.95 bits per heavy atom. The summed E-state index contributed by atoms with van der Waals surface area (Å²) in [5, 5.41) is 13.9. The standard InChI is InChI=1S/C15H15Cl2N3/c1-10(2)7-14-13(8-16)15(17)20(19-14)12-5-3-11(9-18)4-6-12/h3-6,10H,7-8H2,1-2H3. The average Bonchev–Trinajstić information content (AvgIpc) is 2.74. The van der Waals surface area contributed by atoms with Crippen LogP contribution in [0.2, 0.25) is 5.15 Å². The molecule has 0 atom stereocenters. The van der Waals surface area contributed by atoms with Crippen LogP contribution in [-0.2, 0) is 12.3 Å². The van der Waals surface area contributed by atoms with E-state index in [4.69, 9.17) is 28.5 Å². The van der Waals surface area contributed by atoms with Crippen molar-refractivity contribution in [3.05, 3.63) is 46.2 Å². The quantitative estimate of drug-likeness (QED) is 0.789. The monoisotopic (exact) mass is 307 g/mol. The lowest BCUT2D eigenvalue weighted by molar-refractivity contribution is 0.626. The van der Waals surface area contributed by atoms with Gasteiger partial charge in [-0.15, -0.1) is 11.6 Å². The Morgan fingerprint density at radius 3 is 2.45 bits per heavy atom. The fourth-order valence-corrected chi connectivity index (χ4v) is 2.66. The lowest BCUT2D eigenvalue weighted by atomic mass is 10.1. The summed E-state index contributed by atoms with van der Waals surface area (Å²) in [4.78, 5) is 0. The van der Waals surface area contributed by atoms with Crippen molar-refractivity contribution in [3.63, 3.8) is 0 Å². The third-order valence-electron chi connectivity index (χ3n) is 2.98. The van der Waals surface area contributed by atoms with E-state index in [1.807, 2.05) is 12.1 Å². The topological polar surface area (TPSA) is 41.6 Å². The fourth-order valence-electron chi connectivity index (χ4n) is 2.00. The van der Waals surface area contributed by atoms with Gasteiger partial charge in [0.2, 0.25) is 0 Å². The first-order valence-electron chi connectivity index (χ1n) is 6.39. The van der Waals surface area contributed by atoms with Gasteiger partial charge in [0, 0.05) is 5.56 Å². The number of hydrogen-bond acceptors (Lipinski definition) is 2. The number of nitriles is 1. The van der Waals surface area contributed by atoms with Crippen molar-refractivity contribution in [2.75, 3.05) is 0 Å². The van der Waals surface area contributed by atoms with E-state index in [-0.39, 0.29) is 0 Å². The zero-order chi connectivity index (χ0) is 14.7. The lowest BCUT2D eigenvalue weighted by Crippen LogP contribution is -2.00. The Balaban J connectivity index is 2.45. The van der Waals surface area contributed by atoms with Gasteiger partial charge in [-0.2, -0.15) is 10.4 Å². The van der Waals surface area contributed by atoms with Crippen LogP contribution in [0.15, 0.2) is 24.3 Å². The van der Waals surface area contributed by atoms with Gasteiger partial charge in [-0.25, -0.2) is 4.68 Å². The smallest absolute Gasteiger partial charge is 0.137 e. The Kier molecular flexibility index (Phi) is 4.69. The minimum Gasteiger partial charge on any atom is -0.222 e. The molecule has 1 aromatic carbocycles. The van der Waals surface area contributed by atoms with Crippen molar-refractivity contribution in [2.24, 2.45) is 5.92 Å². The van der Waals surface area contributed by atoms with Gasteiger partial charge in [0.05, 0.1) is 28.9 Å². The summed E-state index contributed by atoms with van der Waals surface area (Å²) in [5.41, 5.74) is 3.25. The average molecular weight is 308 g/mol. The molecule has 0 saturated heterocycles. The van der Waals surface area contributed by atoms with Crippen LogP contribution in [0.25, 0.3) is 5.69 Å². The molecule has 0 radical (unpaired) electrons. The van der Waals surface area contributed by atoms with E-state index in [9.17, 15) is 0 Å². The Bertz CT molecular complexity index is 636. The molecule has 0 spiro atoms. The molecule has 0 fully saturated rings. The van der Waals surface area contributed by atoms with E-state index in [1.165, 1.54) is 0 Å². The third kappa shape index (κ3) is 2.98. The molecule has 0 aliphatic carbocycles. The highest BCUT2D eigenvalue weighted by Crippen LogP contribution is 2.27. The molecular weight excluding hydrogens is 293 g/mol. The van der Waals surface area contributed by atoms with Crippen LogP contribution in [0.3, 0.4) is 0 Å². The number of benzene rings is 1. The molecular formula is C15H15Cl2N3. The molecule has 0 amide bonds. The van der Waals surface area contributed by atoms with Crippen LogP contribution in [0.1, 0.15) is 30.7 Å². The first kappa shape index (κ1) is 14.9. The van der Waals surface area contributed by atoms with Crippen molar-refractivity contribution < 1.29 is 0 Å². The van der Waals surface area contributed by atoms with Gasteiger partial charge in [0.15, 0.2) is 0 Å². The minimum absolute atomic E-state index is 0.344. The van der Waals surface area contributed by atoms with Gasteiger partial charge < -0.3 is 0 Å². The van der Waals surface area contributed by atoms with Gasteiger partial charge in [-0.05, 0) is 36.6 Å². The van der Waals surface area contributed by atoms with Gasteiger partial charge in [-0.3, -0.25) is 0 Å². The molecule has 0 aliphatic rings. The zero-order valence-electron chi connectivity index (χ0n) is 11.4. The first-order valence-corrected chi connectivity index (χ1v) is 7.30. The summed E-state index contributed by atoms with van der Waals surface area (Å²) in [6, 6.07) is 9.24. The van der Waals surface area contributed by atoms with Crippen LogP contribution < -0.4 is 0 Å². The zero-order valence-corrected chi connectivity index (χ0v) is 12.9. The highest BCUT2D eigenvalue weighted by molar-refractivity contribution is 6.31. The fraction of sp³-hybridized carbons (Fsp3) is 0.333. The van der Waals surface area contributed by atoms with Gasteiger partial charge in [0.25, 0.3) is 0 Å². The van der Waals surface area contributed by atoms with Crippen molar-refractivity contribution in [3.8, 4) is 11.8 Å². The molecule has 1 aromatic heterocycles. The molecule has 2 aromatic rings. The lowest BCUT2D eigenvalue weighted by Gasteiger charge is -2.03. The highest BCUT2D eigenvalue weighted by Gasteiger charge is 2.17. The Morgan fingerprint density at radius 1 is 1.30 bits per heavy atom. The SMILES string of the molecule is CC(C)Cc1nn(-c2ccc(C#N)cc2)c(Cl)c1CCl. The Labute approximate surface area is 128 Å². The number of rotatable bonds is 4. The van der Waals surface area contributed by atoms with Crippen molar-refractivity contribution >= 4 is 23.2 Å². The van der Waals surface area contributed by atoms with Crippen molar-refractivity contribution in [1.82, 2.24) is 9.78 Å². The van der Waals surface area contributed by atoms with Gasteiger partial charge in [0.1, 0.15) is 5.15 Å². The number of nitrogens with zero attached hydrogens (tertiary/aromatic N) is 3.